The van der Waals surface area contributed by atoms with Crippen LogP contribution >= 0.6 is 11.6 Å². The lowest BCUT2D eigenvalue weighted by Crippen LogP contribution is -2.00. The molecule has 0 aromatic heterocycles. The molecule has 0 aliphatic heterocycles. The van der Waals surface area contributed by atoms with Crippen molar-refractivity contribution in [3.8, 4) is 11.5 Å². The maximum atomic E-state index is 13.1. The molecule has 2 aromatic rings. The first-order valence-corrected chi connectivity index (χ1v) is 8.01. The lowest BCUT2D eigenvalue weighted by molar-refractivity contribution is -0.137. The van der Waals surface area contributed by atoms with Gasteiger partial charge in [-0.15, -0.1) is 0 Å². The summed E-state index contributed by atoms with van der Waals surface area (Å²) >= 11 is 6.00. The van der Waals surface area contributed by atoms with Crippen molar-refractivity contribution < 1.29 is 23.4 Å². The van der Waals surface area contributed by atoms with E-state index in [4.69, 9.17) is 25.8 Å². The minimum absolute atomic E-state index is 0.153. The quantitative estimate of drug-likeness (QED) is 0.530. The van der Waals surface area contributed by atoms with E-state index in [-0.39, 0.29) is 11.6 Å². The SMILES string of the molecule is CCOC(=O)/C=C/c1ccc(OC)c(OCc2ccc(F)cc2Cl)c1. The molecule has 0 spiro atoms. The molecule has 0 atom stereocenters. The molecule has 0 bridgehead atoms. The number of halogens is 2. The third-order valence-corrected chi connectivity index (χ3v) is 3.64. The van der Waals surface area contributed by atoms with E-state index < -0.39 is 11.8 Å². The number of hydrogen-bond acceptors (Lipinski definition) is 4. The maximum Gasteiger partial charge on any atom is 0.330 e. The predicted octanol–water partition coefficient (Wildman–Crippen LogP) is 4.64. The molecule has 25 heavy (non-hydrogen) atoms. The number of ether oxygens (including phenoxy) is 3. The van der Waals surface area contributed by atoms with Crippen LogP contribution in [0.4, 0.5) is 4.39 Å². The van der Waals surface area contributed by atoms with E-state index in [0.29, 0.717) is 23.7 Å². The summed E-state index contributed by atoms with van der Waals surface area (Å²) in [6, 6.07) is 9.36. The Bertz CT molecular complexity index is 774. The van der Waals surface area contributed by atoms with Gasteiger partial charge in [-0.05, 0) is 42.8 Å². The number of esters is 1. The summed E-state index contributed by atoms with van der Waals surface area (Å²) in [4.78, 5) is 11.4. The van der Waals surface area contributed by atoms with Crippen LogP contribution in [0.15, 0.2) is 42.5 Å². The number of hydrogen-bond donors (Lipinski definition) is 0. The highest BCUT2D eigenvalue weighted by Crippen LogP contribution is 2.30. The zero-order valence-corrected chi connectivity index (χ0v) is 14.7. The summed E-state index contributed by atoms with van der Waals surface area (Å²) in [5, 5.41) is 0.289. The molecule has 2 aromatic carbocycles. The Morgan fingerprint density at radius 2 is 2.00 bits per heavy atom. The van der Waals surface area contributed by atoms with Crippen molar-refractivity contribution in [2.45, 2.75) is 13.5 Å². The predicted molar refractivity (Wildman–Crippen MR) is 94.4 cm³/mol. The van der Waals surface area contributed by atoms with Crippen molar-refractivity contribution >= 4 is 23.6 Å². The normalized spacial score (nSPS) is 10.7. The summed E-state index contributed by atoms with van der Waals surface area (Å²) in [6.45, 7) is 2.21. The van der Waals surface area contributed by atoms with Gasteiger partial charge in [0.25, 0.3) is 0 Å². The molecule has 0 radical (unpaired) electrons. The summed E-state index contributed by atoms with van der Waals surface area (Å²) < 4.78 is 29.0. The molecule has 0 aliphatic rings. The van der Waals surface area contributed by atoms with Crippen LogP contribution in [0.25, 0.3) is 6.08 Å². The maximum absolute atomic E-state index is 13.1. The van der Waals surface area contributed by atoms with Crippen LogP contribution in [0.1, 0.15) is 18.1 Å². The topological polar surface area (TPSA) is 44.8 Å². The van der Waals surface area contributed by atoms with E-state index in [1.165, 1.54) is 25.3 Å². The first-order chi connectivity index (χ1) is 12.0. The van der Waals surface area contributed by atoms with E-state index in [2.05, 4.69) is 0 Å². The first-order valence-electron chi connectivity index (χ1n) is 7.63. The van der Waals surface area contributed by atoms with Gasteiger partial charge in [0.15, 0.2) is 11.5 Å². The third kappa shape index (κ3) is 5.50. The van der Waals surface area contributed by atoms with Crippen LogP contribution in [0, 0.1) is 5.82 Å². The smallest absolute Gasteiger partial charge is 0.330 e. The third-order valence-electron chi connectivity index (χ3n) is 3.28. The van der Waals surface area contributed by atoms with Gasteiger partial charge in [0, 0.05) is 11.6 Å². The molecule has 2 rings (SSSR count). The lowest BCUT2D eigenvalue weighted by Gasteiger charge is -2.12. The fourth-order valence-electron chi connectivity index (χ4n) is 2.06. The Morgan fingerprint density at radius 1 is 1.20 bits per heavy atom. The minimum Gasteiger partial charge on any atom is -0.493 e. The first kappa shape index (κ1) is 18.8. The van der Waals surface area contributed by atoms with E-state index in [0.717, 1.165) is 5.56 Å². The average molecular weight is 365 g/mol. The van der Waals surface area contributed by atoms with Crippen molar-refractivity contribution in [3.05, 3.63) is 64.4 Å². The second-order valence-corrected chi connectivity index (χ2v) is 5.43. The van der Waals surface area contributed by atoms with Crippen LogP contribution in [0.3, 0.4) is 0 Å². The molecular weight excluding hydrogens is 347 g/mol. The second kappa shape index (κ2) is 9.08. The van der Waals surface area contributed by atoms with E-state index in [9.17, 15) is 9.18 Å². The molecule has 6 heteroatoms. The van der Waals surface area contributed by atoms with Crippen LogP contribution in [0.2, 0.25) is 5.02 Å². The van der Waals surface area contributed by atoms with Gasteiger partial charge in [-0.1, -0.05) is 23.7 Å². The zero-order valence-electron chi connectivity index (χ0n) is 13.9. The minimum atomic E-state index is -0.418. The van der Waals surface area contributed by atoms with Crippen LogP contribution in [0.5, 0.6) is 11.5 Å². The Balaban J connectivity index is 2.15. The molecule has 0 heterocycles. The van der Waals surface area contributed by atoms with Crippen LogP contribution in [-0.4, -0.2) is 19.7 Å². The molecule has 0 saturated heterocycles. The fourth-order valence-corrected chi connectivity index (χ4v) is 2.28. The zero-order chi connectivity index (χ0) is 18.2. The Morgan fingerprint density at radius 3 is 2.68 bits per heavy atom. The molecule has 0 amide bonds. The number of rotatable bonds is 7. The molecule has 0 unspecified atom stereocenters. The second-order valence-electron chi connectivity index (χ2n) is 5.02. The molecule has 0 N–H and O–H groups in total. The summed E-state index contributed by atoms with van der Waals surface area (Å²) in [6.07, 6.45) is 2.96. The summed E-state index contributed by atoms with van der Waals surface area (Å²) in [5.41, 5.74) is 1.40. The monoisotopic (exact) mass is 364 g/mol. The molecular formula is C19H18ClFO4. The van der Waals surface area contributed by atoms with E-state index in [1.54, 1.807) is 37.3 Å². The van der Waals surface area contributed by atoms with Crippen molar-refractivity contribution in [2.24, 2.45) is 0 Å². The number of benzene rings is 2. The number of methoxy groups -OCH3 is 1. The summed E-state index contributed by atoms with van der Waals surface area (Å²) in [7, 11) is 1.53. The van der Waals surface area contributed by atoms with E-state index >= 15 is 0 Å². The number of carbonyl (C=O) groups is 1. The van der Waals surface area contributed by atoms with Gasteiger partial charge >= 0.3 is 5.97 Å². The fraction of sp³-hybridized carbons (Fsp3) is 0.211. The highest BCUT2D eigenvalue weighted by Gasteiger charge is 2.08. The van der Waals surface area contributed by atoms with Crippen molar-refractivity contribution in [3.63, 3.8) is 0 Å². The highest BCUT2D eigenvalue weighted by molar-refractivity contribution is 6.31. The van der Waals surface area contributed by atoms with Crippen LogP contribution in [-0.2, 0) is 16.1 Å². The molecule has 0 saturated carbocycles. The van der Waals surface area contributed by atoms with Gasteiger partial charge in [0.05, 0.1) is 18.7 Å². The van der Waals surface area contributed by atoms with Crippen molar-refractivity contribution in [1.82, 2.24) is 0 Å². The standard InChI is InChI=1S/C19H18ClFO4/c1-3-24-19(22)9-5-13-4-8-17(23-2)18(10-13)25-12-14-6-7-15(21)11-16(14)20/h4-11H,3,12H2,1-2H3/b9-5+. The Labute approximate surface area is 150 Å². The number of carbonyl (C=O) groups excluding carboxylic acids is 1. The van der Waals surface area contributed by atoms with Gasteiger partial charge in [-0.2, -0.15) is 0 Å². The summed E-state index contributed by atoms with van der Waals surface area (Å²) in [5.74, 6) is 0.191. The average Bonchev–Trinajstić information content (AvgIpc) is 2.59. The molecule has 0 aliphatic carbocycles. The molecule has 0 fully saturated rings. The van der Waals surface area contributed by atoms with Gasteiger partial charge < -0.3 is 14.2 Å². The largest absolute Gasteiger partial charge is 0.493 e. The molecule has 132 valence electrons. The highest BCUT2D eigenvalue weighted by atomic mass is 35.5. The Hall–Kier alpha value is -2.53. The van der Waals surface area contributed by atoms with Crippen molar-refractivity contribution in [1.29, 1.82) is 0 Å². The molecule has 4 nitrogen and oxygen atoms in total. The van der Waals surface area contributed by atoms with E-state index in [1.807, 2.05) is 0 Å². The van der Waals surface area contributed by atoms with Gasteiger partial charge in [0.2, 0.25) is 0 Å². The van der Waals surface area contributed by atoms with Gasteiger partial charge in [0.1, 0.15) is 12.4 Å². The van der Waals surface area contributed by atoms with Gasteiger partial charge in [-0.25, -0.2) is 9.18 Å². The Kier molecular flexibility index (Phi) is 6.83. The van der Waals surface area contributed by atoms with Gasteiger partial charge in [-0.3, -0.25) is 0 Å². The lowest BCUT2D eigenvalue weighted by atomic mass is 10.2. The van der Waals surface area contributed by atoms with Crippen LogP contribution < -0.4 is 9.47 Å². The van der Waals surface area contributed by atoms with Crippen molar-refractivity contribution in [2.75, 3.05) is 13.7 Å².